The average Bonchev–Trinajstić information content (AvgIpc) is 3.22. The van der Waals surface area contributed by atoms with Crippen molar-refractivity contribution in [2.24, 2.45) is 0 Å². The Morgan fingerprint density at radius 2 is 0.949 bits per heavy atom. The molecule has 9 nitrogen and oxygen atoms in total. The summed E-state index contributed by atoms with van der Waals surface area (Å²) >= 11 is 0. The number of carbonyl (C=O) groups excluding carboxylic acids is 2. The monoisotopic (exact) mass is 840 g/mol. The third-order valence-electron chi connectivity index (χ3n) is 8.42. The number of phosphoric acid groups is 1. The van der Waals surface area contributed by atoms with E-state index in [1.165, 1.54) is 19.3 Å². The number of aliphatic hydroxyl groups is 1. The summed E-state index contributed by atoms with van der Waals surface area (Å²) in [6.07, 6.45) is 60.1. The second kappa shape index (κ2) is 44.0. The van der Waals surface area contributed by atoms with Crippen molar-refractivity contribution in [1.29, 1.82) is 0 Å². The molecule has 0 saturated carbocycles. The van der Waals surface area contributed by atoms with Gasteiger partial charge >= 0.3 is 13.8 Å². The first kappa shape index (κ1) is 55.4. The summed E-state index contributed by atoms with van der Waals surface area (Å²) in [5.74, 6) is -0.672. The lowest BCUT2D eigenvalue weighted by Gasteiger charge is -2.15. The Kier molecular flexibility index (Phi) is 41.3. The molecular formula is C49H78NO8P. The van der Waals surface area contributed by atoms with Gasteiger partial charge in [0.2, 0.25) is 5.91 Å². The Bertz CT molecular complexity index is 1370. The molecule has 0 aliphatic carbocycles. The van der Waals surface area contributed by atoms with Crippen LogP contribution in [0.5, 0.6) is 0 Å². The Morgan fingerprint density at radius 1 is 0.542 bits per heavy atom. The van der Waals surface area contributed by atoms with E-state index >= 15 is 0 Å². The van der Waals surface area contributed by atoms with E-state index in [0.717, 1.165) is 83.5 Å². The van der Waals surface area contributed by atoms with Crippen molar-refractivity contribution in [3.8, 4) is 0 Å². The van der Waals surface area contributed by atoms with Crippen LogP contribution < -0.4 is 5.32 Å². The van der Waals surface area contributed by atoms with Crippen LogP contribution in [0.15, 0.2) is 122 Å². The summed E-state index contributed by atoms with van der Waals surface area (Å²) in [5, 5.41) is 12.6. The van der Waals surface area contributed by atoms with Gasteiger partial charge in [0.05, 0.1) is 13.2 Å². The zero-order chi connectivity index (χ0) is 43.2. The minimum Gasteiger partial charge on any atom is -0.463 e. The van der Waals surface area contributed by atoms with Crippen LogP contribution >= 0.6 is 7.82 Å². The van der Waals surface area contributed by atoms with Gasteiger partial charge in [-0.25, -0.2) is 4.57 Å². The Morgan fingerprint density at radius 3 is 1.42 bits per heavy atom. The van der Waals surface area contributed by atoms with Gasteiger partial charge in [0, 0.05) is 19.4 Å². The molecule has 0 aliphatic rings. The number of unbranched alkanes of at least 4 members (excludes halogenated alkanes) is 7. The van der Waals surface area contributed by atoms with Gasteiger partial charge < -0.3 is 20.1 Å². The second-order valence-corrected chi connectivity index (χ2v) is 15.4. The lowest BCUT2D eigenvalue weighted by molar-refractivity contribution is -0.147. The van der Waals surface area contributed by atoms with Crippen molar-refractivity contribution < 1.29 is 37.9 Å². The summed E-state index contributed by atoms with van der Waals surface area (Å²) in [5.41, 5.74) is 0. The minimum atomic E-state index is -4.46. The number of phosphoric ester groups is 1. The van der Waals surface area contributed by atoms with Crippen molar-refractivity contribution in [3.63, 3.8) is 0 Å². The summed E-state index contributed by atoms with van der Waals surface area (Å²) in [4.78, 5) is 33.9. The third-order valence-corrected chi connectivity index (χ3v) is 9.40. The number of ether oxygens (including phenoxy) is 1. The first-order valence-electron chi connectivity index (χ1n) is 22.0. The Hall–Kier alpha value is -3.59. The predicted octanol–water partition coefficient (Wildman–Crippen LogP) is 12.5. The first-order valence-corrected chi connectivity index (χ1v) is 23.5. The van der Waals surface area contributed by atoms with Crippen molar-refractivity contribution >= 4 is 19.7 Å². The van der Waals surface area contributed by atoms with Gasteiger partial charge in [-0.15, -0.1) is 0 Å². The van der Waals surface area contributed by atoms with E-state index < -0.39 is 26.5 Å². The van der Waals surface area contributed by atoms with Gasteiger partial charge in [0.15, 0.2) is 0 Å². The fourth-order valence-electron chi connectivity index (χ4n) is 5.18. The standard InChI is InChI=1S/C49H78NO8P/c1-3-5-7-9-11-13-15-17-19-21-22-23-24-26-27-29-31-33-35-37-39-41-48(52)50-43-44-57-59(54,55)58-46-47(51)45-56-49(53)42-40-38-36-34-32-30-28-25-20-18-16-14-12-10-8-6-4-2/h5-8,11-14,17-20,22-23,26-27,31,33,37,39,47,51H,3-4,9-10,15-16,21,24-25,28-30,32,34-36,38,40-46H2,1-2H3,(H,50,52)(H,54,55)/b7-5-,8-6-,13-11-,14-12-,19-17-,20-18-,23-22-,27-26-,33-31-,39-37-. The molecule has 0 fully saturated rings. The Balaban J connectivity index is 3.77. The highest BCUT2D eigenvalue weighted by molar-refractivity contribution is 7.47. The highest BCUT2D eigenvalue weighted by Gasteiger charge is 2.23. The van der Waals surface area contributed by atoms with Crippen LogP contribution in [-0.2, 0) is 27.9 Å². The summed E-state index contributed by atoms with van der Waals surface area (Å²) < 4.78 is 26.8. The van der Waals surface area contributed by atoms with Gasteiger partial charge in [0.25, 0.3) is 0 Å². The maximum Gasteiger partial charge on any atom is 0.472 e. The number of allylic oxidation sites excluding steroid dienone is 19. The molecule has 10 heteroatoms. The van der Waals surface area contributed by atoms with E-state index in [0.29, 0.717) is 12.8 Å². The molecule has 0 radical (unpaired) electrons. The highest BCUT2D eigenvalue weighted by Crippen LogP contribution is 2.42. The third kappa shape index (κ3) is 45.3. The molecule has 0 aromatic rings. The fraction of sp³-hybridized carbons (Fsp3) is 0.551. The van der Waals surface area contributed by atoms with Gasteiger partial charge in [-0.2, -0.15) is 0 Å². The number of esters is 1. The molecule has 0 heterocycles. The number of carbonyl (C=O) groups is 2. The highest BCUT2D eigenvalue weighted by atomic mass is 31.2. The Labute approximate surface area is 358 Å². The average molecular weight is 840 g/mol. The number of aliphatic hydroxyl groups excluding tert-OH is 1. The van der Waals surface area contributed by atoms with Crippen molar-refractivity contribution in [2.75, 3.05) is 26.4 Å². The molecule has 0 aromatic carbocycles. The minimum absolute atomic E-state index is 0.0155. The number of hydrogen-bond donors (Lipinski definition) is 3. The number of hydrogen-bond acceptors (Lipinski definition) is 7. The van der Waals surface area contributed by atoms with Crippen molar-refractivity contribution in [1.82, 2.24) is 5.32 Å². The molecule has 0 aliphatic heterocycles. The molecule has 1 amide bonds. The van der Waals surface area contributed by atoms with E-state index in [1.54, 1.807) is 6.08 Å². The maximum atomic E-state index is 12.1. The molecule has 0 saturated heterocycles. The van der Waals surface area contributed by atoms with Crippen LogP contribution in [0.1, 0.15) is 142 Å². The number of amides is 1. The molecule has 3 N–H and O–H groups in total. The van der Waals surface area contributed by atoms with Gasteiger partial charge in [-0.1, -0.05) is 167 Å². The smallest absolute Gasteiger partial charge is 0.463 e. The molecule has 0 bridgehead atoms. The van der Waals surface area contributed by atoms with Gasteiger partial charge in [-0.05, 0) is 83.5 Å². The molecule has 0 spiro atoms. The molecule has 59 heavy (non-hydrogen) atoms. The first-order chi connectivity index (χ1) is 28.8. The molecule has 2 atom stereocenters. The molecule has 2 unspecified atom stereocenters. The topological polar surface area (TPSA) is 131 Å². The van der Waals surface area contributed by atoms with E-state index in [9.17, 15) is 24.2 Å². The van der Waals surface area contributed by atoms with Crippen LogP contribution in [0.4, 0.5) is 0 Å². The normalized spacial score (nSPS) is 14.4. The van der Waals surface area contributed by atoms with Crippen LogP contribution in [0, 0.1) is 0 Å². The van der Waals surface area contributed by atoms with Crippen LogP contribution in [0.25, 0.3) is 0 Å². The molecule has 0 aromatic heterocycles. The maximum absolute atomic E-state index is 12.1. The number of nitrogens with one attached hydrogen (secondary N) is 1. The predicted molar refractivity (Wildman–Crippen MR) is 247 cm³/mol. The van der Waals surface area contributed by atoms with E-state index in [4.69, 9.17) is 13.8 Å². The fourth-order valence-corrected chi connectivity index (χ4v) is 5.93. The largest absolute Gasteiger partial charge is 0.472 e. The summed E-state index contributed by atoms with van der Waals surface area (Å²) in [6.45, 7) is 3.16. The summed E-state index contributed by atoms with van der Waals surface area (Å²) in [7, 11) is -4.46. The van der Waals surface area contributed by atoms with Gasteiger partial charge in [0.1, 0.15) is 12.7 Å². The lowest BCUT2D eigenvalue weighted by Crippen LogP contribution is -2.26. The second-order valence-electron chi connectivity index (χ2n) is 13.9. The van der Waals surface area contributed by atoms with Crippen LogP contribution in [-0.4, -0.2) is 54.3 Å². The SMILES string of the molecule is CC/C=C\C/C=C\C/C=C\C/C=C\C/C=C\C/C=C\C/C=C\CC(=O)NCCOP(=O)(O)OCC(O)COC(=O)CCCCCCCCC/C=C\C/C=C\C/C=C\CC. The molecule has 0 rings (SSSR count). The van der Waals surface area contributed by atoms with Crippen molar-refractivity contribution in [2.45, 2.75) is 148 Å². The molecular weight excluding hydrogens is 762 g/mol. The molecule has 332 valence electrons. The van der Waals surface area contributed by atoms with Crippen LogP contribution in [0.2, 0.25) is 0 Å². The zero-order valence-corrected chi connectivity index (χ0v) is 37.3. The lowest BCUT2D eigenvalue weighted by atomic mass is 10.1. The quantitative estimate of drug-likeness (QED) is 0.0241. The zero-order valence-electron chi connectivity index (χ0n) is 36.4. The van der Waals surface area contributed by atoms with E-state index in [1.807, 2.05) is 12.2 Å². The van der Waals surface area contributed by atoms with Crippen molar-refractivity contribution in [3.05, 3.63) is 122 Å². The van der Waals surface area contributed by atoms with Crippen LogP contribution in [0.3, 0.4) is 0 Å². The number of rotatable bonds is 39. The van der Waals surface area contributed by atoms with E-state index in [-0.39, 0.29) is 38.5 Å². The van der Waals surface area contributed by atoms with Gasteiger partial charge in [-0.3, -0.25) is 18.6 Å². The van der Waals surface area contributed by atoms with E-state index in [2.05, 4.69) is 122 Å². The summed E-state index contributed by atoms with van der Waals surface area (Å²) in [6, 6.07) is 0.